The van der Waals surface area contributed by atoms with Crippen molar-refractivity contribution in [1.82, 2.24) is 5.32 Å². The van der Waals surface area contributed by atoms with E-state index in [4.69, 9.17) is 5.11 Å². The van der Waals surface area contributed by atoms with E-state index in [1.807, 2.05) is 5.38 Å². The van der Waals surface area contributed by atoms with Crippen LogP contribution in [0.1, 0.15) is 54.3 Å². The van der Waals surface area contributed by atoms with Crippen molar-refractivity contribution >= 4 is 17.2 Å². The summed E-state index contributed by atoms with van der Waals surface area (Å²) in [6, 6.07) is 1.78. The van der Waals surface area contributed by atoms with E-state index in [0.717, 1.165) is 11.4 Å². The molecular formula is C16H21NO2S. The summed E-state index contributed by atoms with van der Waals surface area (Å²) in [7, 11) is 0. The van der Waals surface area contributed by atoms with Crippen LogP contribution in [0, 0.1) is 17.3 Å². The molecule has 1 fully saturated rings. The standard InChI is InChI=1S/C16H21NO2S/c1-16(7-3-2-4-8-16)12-17-15(19)13-10-14(20-11-13)6-5-9-18/h10-11,18H,2-4,7-9,12H2,1H3,(H,17,19). The number of hydrogen-bond donors (Lipinski definition) is 2. The maximum atomic E-state index is 12.1. The fraction of sp³-hybridized carbons (Fsp3) is 0.562. The van der Waals surface area contributed by atoms with E-state index in [1.165, 1.54) is 43.4 Å². The van der Waals surface area contributed by atoms with Gasteiger partial charge in [-0.2, -0.15) is 0 Å². The quantitative estimate of drug-likeness (QED) is 0.841. The molecule has 0 bridgehead atoms. The molecular weight excluding hydrogens is 270 g/mol. The molecule has 2 N–H and O–H groups in total. The molecule has 1 saturated carbocycles. The van der Waals surface area contributed by atoms with Crippen molar-refractivity contribution in [1.29, 1.82) is 0 Å². The number of carbonyl (C=O) groups is 1. The Morgan fingerprint density at radius 2 is 2.20 bits per heavy atom. The Balaban J connectivity index is 1.89. The highest BCUT2D eigenvalue weighted by Gasteiger charge is 2.27. The summed E-state index contributed by atoms with van der Waals surface area (Å²) in [6.45, 7) is 2.86. The Bertz CT molecular complexity index is 518. The minimum absolute atomic E-state index is 0.0231. The third-order valence-electron chi connectivity index (χ3n) is 3.89. The zero-order valence-electron chi connectivity index (χ0n) is 11.9. The number of nitrogens with one attached hydrogen (secondary N) is 1. The predicted molar refractivity (Wildman–Crippen MR) is 81.8 cm³/mol. The number of thiophene rings is 1. The van der Waals surface area contributed by atoms with Crippen molar-refractivity contribution in [2.45, 2.75) is 39.0 Å². The molecule has 0 atom stereocenters. The van der Waals surface area contributed by atoms with Crippen molar-refractivity contribution in [2.24, 2.45) is 5.41 Å². The largest absolute Gasteiger partial charge is 0.384 e. The highest BCUT2D eigenvalue weighted by molar-refractivity contribution is 7.10. The van der Waals surface area contributed by atoms with E-state index in [0.29, 0.717) is 5.56 Å². The van der Waals surface area contributed by atoms with Gasteiger partial charge < -0.3 is 10.4 Å². The van der Waals surface area contributed by atoms with Crippen LogP contribution in [0.15, 0.2) is 11.4 Å². The lowest BCUT2D eigenvalue weighted by Crippen LogP contribution is -2.36. The van der Waals surface area contributed by atoms with E-state index in [9.17, 15) is 4.79 Å². The Morgan fingerprint density at radius 3 is 2.90 bits per heavy atom. The van der Waals surface area contributed by atoms with Crippen LogP contribution in [0.5, 0.6) is 0 Å². The summed E-state index contributed by atoms with van der Waals surface area (Å²) in [6.07, 6.45) is 6.26. The lowest BCUT2D eigenvalue weighted by Gasteiger charge is -2.33. The minimum atomic E-state index is -0.155. The first-order chi connectivity index (χ1) is 9.63. The Hall–Kier alpha value is -1.31. The van der Waals surface area contributed by atoms with Crippen molar-refractivity contribution in [3.8, 4) is 11.8 Å². The van der Waals surface area contributed by atoms with Gasteiger partial charge in [0, 0.05) is 11.9 Å². The van der Waals surface area contributed by atoms with Crippen LogP contribution in [0.4, 0.5) is 0 Å². The Kier molecular flexibility index (Phi) is 5.22. The summed E-state index contributed by atoms with van der Waals surface area (Å²) < 4.78 is 0. The number of aliphatic hydroxyl groups is 1. The van der Waals surface area contributed by atoms with E-state index in [1.54, 1.807) is 6.07 Å². The molecule has 0 saturated heterocycles. The average molecular weight is 291 g/mol. The molecule has 108 valence electrons. The fourth-order valence-corrected chi connectivity index (χ4v) is 3.38. The lowest BCUT2D eigenvalue weighted by molar-refractivity contribution is 0.0919. The molecule has 3 nitrogen and oxygen atoms in total. The molecule has 1 heterocycles. The zero-order chi connectivity index (χ0) is 14.4. The first-order valence-corrected chi connectivity index (χ1v) is 7.97. The molecule has 0 radical (unpaired) electrons. The number of aliphatic hydroxyl groups excluding tert-OH is 1. The highest BCUT2D eigenvalue weighted by atomic mass is 32.1. The number of amides is 1. The first-order valence-electron chi connectivity index (χ1n) is 7.09. The van der Waals surface area contributed by atoms with Crippen LogP contribution in [0.2, 0.25) is 0 Å². The second kappa shape index (κ2) is 6.92. The molecule has 4 heteroatoms. The maximum Gasteiger partial charge on any atom is 0.252 e. The van der Waals surface area contributed by atoms with Crippen LogP contribution >= 0.6 is 11.3 Å². The summed E-state index contributed by atoms with van der Waals surface area (Å²) in [5.41, 5.74) is 0.917. The highest BCUT2D eigenvalue weighted by Crippen LogP contribution is 2.34. The molecule has 0 aromatic carbocycles. The van der Waals surface area contributed by atoms with E-state index >= 15 is 0 Å². The van der Waals surface area contributed by atoms with E-state index in [-0.39, 0.29) is 17.9 Å². The molecule has 1 aromatic heterocycles. The molecule has 1 aromatic rings. The monoisotopic (exact) mass is 291 g/mol. The third kappa shape index (κ3) is 4.09. The lowest BCUT2D eigenvalue weighted by atomic mass is 9.76. The molecule has 2 rings (SSSR count). The van der Waals surface area contributed by atoms with Gasteiger partial charge in [0.25, 0.3) is 5.91 Å². The molecule has 0 aliphatic heterocycles. The summed E-state index contributed by atoms with van der Waals surface area (Å²) >= 11 is 1.43. The third-order valence-corrected chi connectivity index (χ3v) is 4.73. The second-order valence-electron chi connectivity index (χ2n) is 5.71. The number of hydrogen-bond acceptors (Lipinski definition) is 3. The molecule has 1 amide bonds. The second-order valence-corrected chi connectivity index (χ2v) is 6.62. The van der Waals surface area contributed by atoms with Gasteiger partial charge in [-0.15, -0.1) is 11.3 Å². The van der Waals surface area contributed by atoms with Crippen LogP contribution in [0.25, 0.3) is 0 Å². The Morgan fingerprint density at radius 1 is 1.45 bits per heavy atom. The van der Waals surface area contributed by atoms with Gasteiger partial charge >= 0.3 is 0 Å². The molecule has 1 aliphatic carbocycles. The average Bonchev–Trinajstić information content (AvgIpc) is 2.92. The van der Waals surface area contributed by atoms with Crippen molar-refractivity contribution in [2.75, 3.05) is 13.2 Å². The van der Waals surface area contributed by atoms with Crippen LogP contribution in [0.3, 0.4) is 0 Å². The van der Waals surface area contributed by atoms with Gasteiger partial charge in [0.1, 0.15) is 6.61 Å². The van der Waals surface area contributed by atoms with Crippen LogP contribution in [-0.2, 0) is 0 Å². The van der Waals surface area contributed by atoms with Crippen LogP contribution < -0.4 is 5.32 Å². The van der Waals surface area contributed by atoms with Gasteiger partial charge in [-0.3, -0.25) is 4.79 Å². The molecule has 0 spiro atoms. The van der Waals surface area contributed by atoms with Crippen molar-refractivity contribution < 1.29 is 9.90 Å². The van der Waals surface area contributed by atoms with Gasteiger partial charge in [-0.1, -0.05) is 38.0 Å². The summed E-state index contributed by atoms with van der Waals surface area (Å²) in [4.78, 5) is 12.9. The van der Waals surface area contributed by atoms with Gasteiger partial charge in [0.2, 0.25) is 0 Å². The number of rotatable bonds is 3. The summed E-state index contributed by atoms with van der Waals surface area (Å²) in [5, 5.41) is 13.5. The number of carbonyl (C=O) groups excluding carboxylic acids is 1. The summed E-state index contributed by atoms with van der Waals surface area (Å²) in [5.74, 6) is 5.39. The molecule has 1 aliphatic rings. The minimum Gasteiger partial charge on any atom is -0.384 e. The topological polar surface area (TPSA) is 49.3 Å². The zero-order valence-corrected chi connectivity index (χ0v) is 12.7. The predicted octanol–water partition coefficient (Wildman–Crippen LogP) is 2.79. The van der Waals surface area contributed by atoms with Gasteiger partial charge in [0.05, 0.1) is 10.4 Å². The van der Waals surface area contributed by atoms with E-state index < -0.39 is 0 Å². The van der Waals surface area contributed by atoms with Gasteiger partial charge in [-0.05, 0) is 24.3 Å². The normalized spacial score (nSPS) is 17.1. The first kappa shape index (κ1) is 15.1. The smallest absolute Gasteiger partial charge is 0.252 e. The maximum absolute atomic E-state index is 12.1. The Labute approximate surface area is 124 Å². The molecule has 0 unspecified atom stereocenters. The molecule has 20 heavy (non-hydrogen) atoms. The van der Waals surface area contributed by atoms with Crippen molar-refractivity contribution in [3.63, 3.8) is 0 Å². The van der Waals surface area contributed by atoms with Gasteiger partial charge in [0.15, 0.2) is 0 Å². The van der Waals surface area contributed by atoms with E-state index in [2.05, 4.69) is 24.1 Å². The SMILES string of the molecule is CC1(CNC(=O)c2csc(C#CCO)c2)CCCCC1. The van der Waals surface area contributed by atoms with Crippen LogP contribution in [-0.4, -0.2) is 24.2 Å². The fourth-order valence-electron chi connectivity index (χ4n) is 2.63. The van der Waals surface area contributed by atoms with Crippen molar-refractivity contribution in [3.05, 3.63) is 21.9 Å². The van der Waals surface area contributed by atoms with Gasteiger partial charge in [-0.25, -0.2) is 0 Å².